The van der Waals surface area contributed by atoms with Gasteiger partial charge in [0.2, 0.25) is 5.91 Å². The van der Waals surface area contributed by atoms with Crippen LogP contribution in [0.25, 0.3) is 5.70 Å². The highest BCUT2D eigenvalue weighted by Gasteiger charge is 2.43. The van der Waals surface area contributed by atoms with Crippen LogP contribution in [0.3, 0.4) is 0 Å². The molecule has 0 saturated carbocycles. The number of nitrogens with zero attached hydrogens (tertiary/aromatic N) is 3. The van der Waals surface area contributed by atoms with E-state index < -0.39 is 6.04 Å². The number of amides is 1. The molecule has 0 N–H and O–H groups in total. The summed E-state index contributed by atoms with van der Waals surface area (Å²) in [7, 11) is 0. The molecule has 0 unspecified atom stereocenters. The van der Waals surface area contributed by atoms with Gasteiger partial charge >= 0.3 is 5.97 Å². The Morgan fingerprint density at radius 2 is 1.83 bits per heavy atom. The number of amidine groups is 1. The molecule has 1 atom stereocenters. The van der Waals surface area contributed by atoms with E-state index in [2.05, 4.69) is 36.9 Å². The van der Waals surface area contributed by atoms with E-state index in [1.807, 2.05) is 47.6 Å². The molecule has 3 heterocycles. The SMILES string of the molecule is CCOC(=O)C1=C(c2ccccc2)N=C2SC=C(CC(=O)N3CCCC3)N2[C@@H]1c1cc(C)ccc1C. The topological polar surface area (TPSA) is 62.2 Å². The zero-order chi connectivity index (χ0) is 25.2. The van der Waals surface area contributed by atoms with Crippen molar-refractivity contribution in [2.75, 3.05) is 19.7 Å². The average molecular weight is 502 g/mol. The minimum Gasteiger partial charge on any atom is -0.463 e. The summed E-state index contributed by atoms with van der Waals surface area (Å²) in [4.78, 5) is 35.8. The highest BCUT2D eigenvalue weighted by Crippen LogP contribution is 2.48. The fourth-order valence-electron chi connectivity index (χ4n) is 5.07. The van der Waals surface area contributed by atoms with Crippen LogP contribution in [0, 0.1) is 13.8 Å². The van der Waals surface area contributed by atoms with E-state index in [9.17, 15) is 9.59 Å². The zero-order valence-corrected chi connectivity index (χ0v) is 21.8. The molecule has 1 fully saturated rings. The molecular formula is C29H31N3O3S. The standard InChI is InChI=1S/C29H31N3O3S/c1-4-35-28(34)25-26(21-10-6-5-7-11-21)30-29-32(27(25)23-16-19(2)12-13-20(23)3)22(18-36-29)17-24(33)31-14-8-9-15-31/h5-7,10-13,16,18,27H,4,8-9,14-15,17H2,1-3H3/t27-/m1/s1. The van der Waals surface area contributed by atoms with Crippen molar-refractivity contribution < 1.29 is 14.3 Å². The zero-order valence-electron chi connectivity index (χ0n) is 21.0. The number of aryl methyl sites for hydroxylation is 2. The van der Waals surface area contributed by atoms with Gasteiger partial charge in [-0.15, -0.1) is 0 Å². The third-order valence-electron chi connectivity index (χ3n) is 6.87. The van der Waals surface area contributed by atoms with Gasteiger partial charge in [-0.25, -0.2) is 9.79 Å². The molecule has 0 aliphatic carbocycles. The van der Waals surface area contributed by atoms with E-state index in [0.717, 1.165) is 59.0 Å². The Hall–Kier alpha value is -3.32. The summed E-state index contributed by atoms with van der Waals surface area (Å²) >= 11 is 1.51. The van der Waals surface area contributed by atoms with E-state index in [0.29, 0.717) is 11.3 Å². The molecule has 0 radical (unpaired) electrons. The number of carbonyl (C=O) groups is 2. The van der Waals surface area contributed by atoms with E-state index in [4.69, 9.17) is 9.73 Å². The van der Waals surface area contributed by atoms with Gasteiger partial charge in [-0.3, -0.25) is 4.79 Å². The van der Waals surface area contributed by atoms with Gasteiger partial charge in [0.25, 0.3) is 0 Å². The number of fused-ring (bicyclic) bond motifs is 1. The number of hydrogen-bond donors (Lipinski definition) is 0. The first-order chi connectivity index (χ1) is 17.5. The van der Waals surface area contributed by atoms with Crippen molar-refractivity contribution in [2.24, 2.45) is 4.99 Å². The number of esters is 1. The summed E-state index contributed by atoms with van der Waals surface area (Å²) in [5, 5.41) is 2.79. The Morgan fingerprint density at radius 1 is 1.08 bits per heavy atom. The maximum absolute atomic E-state index is 13.6. The van der Waals surface area contributed by atoms with Crippen LogP contribution in [0.2, 0.25) is 0 Å². The molecule has 2 aromatic carbocycles. The Balaban J connectivity index is 1.66. The number of ether oxygens (including phenoxy) is 1. The Labute approximate surface area is 216 Å². The molecule has 5 rings (SSSR count). The lowest BCUT2D eigenvalue weighted by atomic mass is 9.88. The fourth-order valence-corrected chi connectivity index (χ4v) is 5.99. The molecule has 0 spiro atoms. The van der Waals surface area contributed by atoms with Crippen LogP contribution in [0.1, 0.15) is 54.5 Å². The average Bonchev–Trinajstić information content (AvgIpc) is 3.56. The van der Waals surface area contributed by atoms with Crippen molar-refractivity contribution in [2.45, 2.75) is 46.1 Å². The molecule has 3 aliphatic heterocycles. The van der Waals surface area contributed by atoms with Crippen molar-refractivity contribution in [3.05, 3.63) is 87.5 Å². The maximum atomic E-state index is 13.6. The van der Waals surface area contributed by atoms with Crippen molar-refractivity contribution in [3.8, 4) is 0 Å². The number of thioether (sulfide) groups is 1. The lowest BCUT2D eigenvalue weighted by Crippen LogP contribution is -2.38. The molecule has 186 valence electrons. The van der Waals surface area contributed by atoms with Gasteiger partial charge in [-0.2, -0.15) is 0 Å². The second kappa shape index (κ2) is 10.3. The van der Waals surface area contributed by atoms with E-state index in [1.165, 1.54) is 11.8 Å². The molecule has 36 heavy (non-hydrogen) atoms. The summed E-state index contributed by atoms with van der Waals surface area (Å²) in [6.45, 7) is 7.83. The number of benzene rings is 2. The van der Waals surface area contributed by atoms with E-state index in [1.54, 1.807) is 0 Å². The Kier molecular flexibility index (Phi) is 7.01. The van der Waals surface area contributed by atoms with Gasteiger partial charge in [0.15, 0.2) is 5.17 Å². The number of rotatable bonds is 6. The van der Waals surface area contributed by atoms with Crippen LogP contribution in [0.5, 0.6) is 0 Å². The first kappa shape index (κ1) is 24.4. The van der Waals surface area contributed by atoms with Crippen LogP contribution in [0.15, 0.2) is 70.2 Å². The van der Waals surface area contributed by atoms with Crippen LogP contribution >= 0.6 is 11.8 Å². The molecule has 6 nitrogen and oxygen atoms in total. The largest absolute Gasteiger partial charge is 0.463 e. The van der Waals surface area contributed by atoms with Gasteiger partial charge in [-0.1, -0.05) is 65.9 Å². The molecule has 3 aliphatic rings. The highest BCUT2D eigenvalue weighted by molar-refractivity contribution is 8.16. The van der Waals surface area contributed by atoms with Gasteiger partial charge in [0.05, 0.1) is 30.3 Å². The number of likely N-dealkylation sites (tertiary alicyclic amines) is 1. The second-order valence-electron chi connectivity index (χ2n) is 9.37. The van der Waals surface area contributed by atoms with Crippen molar-refractivity contribution in [1.82, 2.24) is 9.80 Å². The second-order valence-corrected chi connectivity index (χ2v) is 10.2. The first-order valence-electron chi connectivity index (χ1n) is 12.5. The molecule has 7 heteroatoms. The molecule has 1 amide bonds. The summed E-state index contributed by atoms with van der Waals surface area (Å²) in [6, 6.07) is 15.6. The molecular weight excluding hydrogens is 470 g/mol. The molecule has 1 saturated heterocycles. The van der Waals surface area contributed by atoms with Crippen LogP contribution in [0.4, 0.5) is 0 Å². The summed E-state index contributed by atoms with van der Waals surface area (Å²) in [5.41, 5.74) is 6.06. The Bertz CT molecular complexity index is 1280. The van der Waals surface area contributed by atoms with E-state index in [-0.39, 0.29) is 24.9 Å². The third-order valence-corrected chi connectivity index (χ3v) is 7.76. The van der Waals surface area contributed by atoms with E-state index >= 15 is 0 Å². The third kappa shape index (κ3) is 4.60. The minimum atomic E-state index is -0.445. The predicted molar refractivity (Wildman–Crippen MR) is 144 cm³/mol. The summed E-state index contributed by atoms with van der Waals surface area (Å²) < 4.78 is 5.61. The van der Waals surface area contributed by atoms with Crippen LogP contribution < -0.4 is 0 Å². The fraction of sp³-hybridized carbons (Fsp3) is 0.345. The van der Waals surface area contributed by atoms with Gasteiger partial charge in [0.1, 0.15) is 0 Å². The number of hydrogen-bond acceptors (Lipinski definition) is 6. The molecule has 2 aromatic rings. The van der Waals surface area contributed by atoms with Crippen molar-refractivity contribution in [1.29, 1.82) is 0 Å². The lowest BCUT2D eigenvalue weighted by Gasteiger charge is -2.37. The van der Waals surface area contributed by atoms with Crippen molar-refractivity contribution in [3.63, 3.8) is 0 Å². The smallest absolute Gasteiger partial charge is 0.338 e. The van der Waals surface area contributed by atoms with Crippen LogP contribution in [-0.4, -0.2) is 46.5 Å². The summed E-state index contributed by atoms with van der Waals surface area (Å²) in [6.07, 6.45) is 2.39. The molecule has 0 bridgehead atoms. The lowest BCUT2D eigenvalue weighted by molar-refractivity contribution is -0.139. The normalized spacial score (nSPS) is 19.2. The highest BCUT2D eigenvalue weighted by atomic mass is 32.2. The van der Waals surface area contributed by atoms with Gasteiger partial charge in [0, 0.05) is 24.4 Å². The van der Waals surface area contributed by atoms with Gasteiger partial charge in [-0.05, 0) is 50.1 Å². The number of carbonyl (C=O) groups excluding carboxylic acids is 2. The maximum Gasteiger partial charge on any atom is 0.338 e. The predicted octanol–water partition coefficient (Wildman–Crippen LogP) is 5.59. The first-order valence-corrected chi connectivity index (χ1v) is 13.4. The molecule has 0 aromatic heterocycles. The van der Waals surface area contributed by atoms with Crippen LogP contribution in [-0.2, 0) is 14.3 Å². The minimum absolute atomic E-state index is 0.121. The Morgan fingerprint density at radius 3 is 2.56 bits per heavy atom. The summed E-state index contributed by atoms with van der Waals surface area (Å²) in [5.74, 6) is -0.261. The monoisotopic (exact) mass is 501 g/mol. The number of aliphatic imine (C=N–C) groups is 1. The van der Waals surface area contributed by atoms with Gasteiger partial charge < -0.3 is 14.5 Å². The quantitative estimate of drug-likeness (QED) is 0.483. The van der Waals surface area contributed by atoms with Crippen molar-refractivity contribution >= 4 is 34.5 Å².